The molecule has 2 saturated heterocycles. The molecule has 5 rings (SSSR count). The zero-order valence-corrected chi connectivity index (χ0v) is 27.8. The van der Waals surface area contributed by atoms with Gasteiger partial charge in [-0.3, -0.25) is 4.79 Å². The molecule has 0 aliphatic carbocycles. The lowest BCUT2D eigenvalue weighted by atomic mass is 9.98. The van der Waals surface area contributed by atoms with Gasteiger partial charge in [0.1, 0.15) is 85.0 Å². The van der Waals surface area contributed by atoms with Gasteiger partial charge in [-0.25, -0.2) is 0 Å². The van der Waals surface area contributed by atoms with Crippen molar-refractivity contribution in [3.05, 3.63) is 40.6 Å². The van der Waals surface area contributed by atoms with Crippen LogP contribution >= 0.6 is 0 Å². The van der Waals surface area contributed by atoms with Crippen LogP contribution in [-0.2, 0) is 14.2 Å². The molecule has 0 saturated carbocycles. The van der Waals surface area contributed by atoms with Gasteiger partial charge in [0.15, 0.2) is 23.5 Å². The molecule has 0 radical (unpaired) electrons. The molecule has 10 atom stereocenters. The van der Waals surface area contributed by atoms with Crippen LogP contribution < -0.4 is 24.4 Å². The summed E-state index contributed by atoms with van der Waals surface area (Å²) in [6, 6.07) is 6.59. The molecule has 2 aliphatic heterocycles. The van der Waals surface area contributed by atoms with Gasteiger partial charge in [-0.1, -0.05) is 0 Å². The van der Waals surface area contributed by atoms with E-state index in [4.69, 9.17) is 37.6 Å². The van der Waals surface area contributed by atoms with Crippen molar-refractivity contribution in [3.8, 4) is 40.1 Å². The van der Waals surface area contributed by atoms with Crippen molar-refractivity contribution >= 4 is 11.0 Å². The molecule has 10 N–H and O–H groups in total. The van der Waals surface area contributed by atoms with Crippen LogP contribution in [0, 0.1) is 0 Å². The molecular weight excluding hydrogens is 700 g/mol. The van der Waals surface area contributed by atoms with Crippen LogP contribution in [0.1, 0.15) is 6.92 Å². The van der Waals surface area contributed by atoms with E-state index in [0.717, 1.165) is 6.07 Å². The van der Waals surface area contributed by atoms with E-state index < -0.39 is 84.9 Å². The molecule has 5 unspecified atom stereocenters. The monoisotopic (exact) mass is 742 g/mol. The number of aromatic hydroxyl groups is 1. The second-order valence-corrected chi connectivity index (χ2v) is 11.9. The fraction of sp³-hybridized carbons (Fsp3) is 0.545. The van der Waals surface area contributed by atoms with Gasteiger partial charge < -0.3 is 88.6 Å². The van der Waals surface area contributed by atoms with Crippen LogP contribution in [0.3, 0.4) is 0 Å². The van der Waals surface area contributed by atoms with E-state index in [0.29, 0.717) is 0 Å². The second-order valence-electron chi connectivity index (χ2n) is 11.9. The highest BCUT2D eigenvalue weighted by Gasteiger charge is 2.48. The molecule has 52 heavy (non-hydrogen) atoms. The van der Waals surface area contributed by atoms with E-state index in [1.54, 1.807) is 0 Å². The maximum atomic E-state index is 14.1. The number of phenolic OH excluding ortho intramolecular Hbond substituents is 1. The van der Waals surface area contributed by atoms with Crippen LogP contribution in [-0.4, -0.2) is 159 Å². The summed E-state index contributed by atoms with van der Waals surface area (Å²) in [5, 5.41) is 101. The lowest BCUT2D eigenvalue weighted by Crippen LogP contribution is -2.61. The summed E-state index contributed by atoms with van der Waals surface area (Å²) in [6.45, 7) is -0.648. The van der Waals surface area contributed by atoms with Gasteiger partial charge >= 0.3 is 0 Å². The Kier molecular flexibility index (Phi) is 13.1. The maximum absolute atomic E-state index is 14.1. The first-order valence-corrected chi connectivity index (χ1v) is 16.3. The largest absolute Gasteiger partial charge is 0.507 e. The second kappa shape index (κ2) is 17.3. The minimum Gasteiger partial charge on any atom is -0.507 e. The normalized spacial score (nSPS) is 29.2. The van der Waals surface area contributed by atoms with E-state index in [1.807, 2.05) is 0 Å². The van der Waals surface area contributed by atoms with E-state index >= 15 is 0 Å². The topological polar surface area (TPSA) is 297 Å². The highest BCUT2D eigenvalue weighted by Crippen LogP contribution is 2.40. The molecule has 1 aromatic heterocycles. The molecular formula is C33H42O19. The molecule has 2 aromatic carbocycles. The van der Waals surface area contributed by atoms with E-state index in [1.165, 1.54) is 31.2 Å². The van der Waals surface area contributed by atoms with Crippen molar-refractivity contribution < 1.29 is 88.6 Å². The van der Waals surface area contributed by atoms with Crippen molar-refractivity contribution in [1.29, 1.82) is 0 Å². The number of hydrogen-bond acceptors (Lipinski definition) is 19. The molecule has 0 bridgehead atoms. The molecule has 288 valence electrons. The fourth-order valence-corrected chi connectivity index (χ4v) is 5.60. The predicted molar refractivity (Wildman–Crippen MR) is 173 cm³/mol. The zero-order valence-electron chi connectivity index (χ0n) is 27.8. The number of hydrogen-bond donors (Lipinski definition) is 10. The number of aliphatic hydroxyl groups is 9. The molecule has 3 aromatic rings. The highest BCUT2D eigenvalue weighted by molar-refractivity contribution is 5.88. The Hall–Kier alpha value is -3.83. The van der Waals surface area contributed by atoms with E-state index in [-0.39, 0.29) is 79.2 Å². The Morgan fingerprint density at radius 3 is 2.04 bits per heavy atom. The third-order valence-corrected chi connectivity index (χ3v) is 8.31. The van der Waals surface area contributed by atoms with Gasteiger partial charge in [0.05, 0.1) is 32.5 Å². The zero-order chi connectivity index (χ0) is 37.7. The summed E-state index contributed by atoms with van der Waals surface area (Å²) in [5.74, 6) is -1.31. The van der Waals surface area contributed by atoms with Crippen LogP contribution in [0.25, 0.3) is 22.3 Å². The van der Waals surface area contributed by atoms with Gasteiger partial charge in [-0.05, 0) is 25.1 Å². The average Bonchev–Trinajstić information content (AvgIpc) is 3.13. The first kappa shape index (κ1) is 39.4. The quantitative estimate of drug-likeness (QED) is 0.0758. The number of rotatable bonds is 15. The summed E-state index contributed by atoms with van der Waals surface area (Å²) in [6.07, 6.45) is -16.3. The van der Waals surface area contributed by atoms with Crippen LogP contribution in [0.5, 0.6) is 28.7 Å². The Morgan fingerprint density at radius 1 is 0.712 bits per heavy atom. The van der Waals surface area contributed by atoms with Crippen LogP contribution in [0.15, 0.2) is 39.5 Å². The fourth-order valence-electron chi connectivity index (χ4n) is 5.60. The number of aliphatic hydroxyl groups excluding tert-OH is 9. The predicted octanol–water partition coefficient (Wildman–Crippen LogP) is -2.69. The first-order chi connectivity index (χ1) is 24.9. The van der Waals surface area contributed by atoms with Crippen molar-refractivity contribution in [2.75, 3.05) is 46.2 Å². The Labute approximate surface area is 294 Å². The van der Waals surface area contributed by atoms with Crippen LogP contribution in [0.4, 0.5) is 0 Å². The maximum Gasteiger partial charge on any atom is 0.239 e. The van der Waals surface area contributed by atoms with Crippen LogP contribution in [0.2, 0.25) is 0 Å². The van der Waals surface area contributed by atoms with Crippen molar-refractivity contribution in [2.45, 2.75) is 68.3 Å². The molecule has 0 spiro atoms. The third kappa shape index (κ3) is 8.36. The Morgan fingerprint density at radius 2 is 1.35 bits per heavy atom. The van der Waals surface area contributed by atoms with Gasteiger partial charge in [0.25, 0.3) is 0 Å². The molecule has 19 heteroatoms. The summed E-state index contributed by atoms with van der Waals surface area (Å²) >= 11 is 0. The number of ether oxygens (including phenoxy) is 7. The Bertz CT molecular complexity index is 1700. The number of fused-ring (bicyclic) bond motifs is 1. The van der Waals surface area contributed by atoms with Crippen molar-refractivity contribution in [2.24, 2.45) is 0 Å². The minimum absolute atomic E-state index is 0.0380. The molecule has 3 heterocycles. The Balaban J connectivity index is 1.53. The number of benzene rings is 2. The highest BCUT2D eigenvalue weighted by atomic mass is 16.7. The van der Waals surface area contributed by atoms with Gasteiger partial charge in [0, 0.05) is 17.7 Å². The van der Waals surface area contributed by atoms with Gasteiger partial charge in [-0.15, -0.1) is 0 Å². The van der Waals surface area contributed by atoms with Gasteiger partial charge in [0.2, 0.25) is 17.5 Å². The van der Waals surface area contributed by atoms with Gasteiger partial charge in [-0.2, -0.15) is 0 Å². The van der Waals surface area contributed by atoms with Crippen molar-refractivity contribution in [1.82, 2.24) is 0 Å². The first-order valence-electron chi connectivity index (χ1n) is 16.3. The average molecular weight is 743 g/mol. The standard InChI is InChI=1S/C33H42O19/c1-14-23(38)26(41)28(43)32(49-14)48-13-21-24(39)27(42)29(44)33(51-21)52-31-25(40)22-17(37)11-16(45-7-4-34)12-20(22)50-30(31)15-2-3-18(46-8-5-35)19(10-15)47-9-6-36/h2-3,10-12,14,21,23-24,26-29,32-39,41-44H,4-9,13H2,1H3/t14?,21?,23-,24+,26-,27?,28?,29?,32+,33-/m0/s1. The van der Waals surface area contributed by atoms with Crippen molar-refractivity contribution in [3.63, 3.8) is 0 Å². The summed E-state index contributed by atoms with van der Waals surface area (Å²) in [4.78, 5) is 14.1. The summed E-state index contributed by atoms with van der Waals surface area (Å²) in [7, 11) is 0. The summed E-state index contributed by atoms with van der Waals surface area (Å²) < 4.78 is 45.1. The van der Waals surface area contributed by atoms with E-state index in [2.05, 4.69) is 0 Å². The third-order valence-electron chi connectivity index (χ3n) is 8.31. The minimum atomic E-state index is -1.98. The molecule has 2 aliphatic rings. The molecule has 19 nitrogen and oxygen atoms in total. The lowest BCUT2D eigenvalue weighted by molar-refractivity contribution is -0.318. The molecule has 0 amide bonds. The van der Waals surface area contributed by atoms with E-state index in [9.17, 15) is 55.9 Å². The SMILES string of the molecule is CC1O[C@@H](OCC2O[C@@H](Oc3c(-c4ccc(OCCO)c(OCCO)c4)oc4cc(OCCO)cc(O)c4c3=O)C(O)C(O)[C@@H]2O)C(O)[C@@H](O)[C@H]1O. The number of phenols is 1. The molecule has 2 fully saturated rings. The summed E-state index contributed by atoms with van der Waals surface area (Å²) in [5.41, 5.74) is -1.08. The lowest BCUT2D eigenvalue weighted by Gasteiger charge is -2.42. The smallest absolute Gasteiger partial charge is 0.239 e.